The molecule has 0 aliphatic carbocycles. The zero-order valence-electron chi connectivity index (χ0n) is 11.0. The maximum absolute atomic E-state index is 11.9. The van der Waals surface area contributed by atoms with Crippen molar-refractivity contribution in [2.45, 2.75) is 26.5 Å². The monoisotopic (exact) mass is 249 g/mol. The van der Waals surface area contributed by atoms with Gasteiger partial charge in [0.2, 0.25) is 0 Å². The third-order valence-electron chi connectivity index (χ3n) is 3.42. The third kappa shape index (κ3) is 2.34. The molecular weight excluding hydrogens is 230 g/mol. The van der Waals surface area contributed by atoms with Gasteiger partial charge in [0.05, 0.1) is 7.11 Å². The molecule has 1 heterocycles. The van der Waals surface area contributed by atoms with Gasteiger partial charge in [-0.1, -0.05) is 26.0 Å². The van der Waals surface area contributed by atoms with Crippen LogP contribution in [0.1, 0.15) is 19.4 Å². The van der Waals surface area contributed by atoms with Crippen molar-refractivity contribution >= 4 is 5.91 Å². The molecule has 0 bridgehead atoms. The topological polar surface area (TPSA) is 49.8 Å². The van der Waals surface area contributed by atoms with E-state index in [-0.39, 0.29) is 11.3 Å². The molecule has 98 valence electrons. The molecule has 0 saturated carbocycles. The molecule has 1 saturated heterocycles. The molecule has 2 rings (SSSR count). The van der Waals surface area contributed by atoms with Gasteiger partial charge in [-0.05, 0) is 17.7 Å². The van der Waals surface area contributed by atoms with Gasteiger partial charge in [0, 0.05) is 18.5 Å². The first-order chi connectivity index (χ1) is 8.44. The maximum Gasteiger partial charge on any atom is 0.252 e. The zero-order valence-corrected chi connectivity index (χ0v) is 11.0. The lowest BCUT2D eigenvalue weighted by atomic mass is 9.90. The Morgan fingerprint density at radius 2 is 2.00 bits per heavy atom. The first kappa shape index (κ1) is 12.9. The Morgan fingerprint density at radius 3 is 2.44 bits per heavy atom. The molecule has 0 radical (unpaired) electrons. The molecule has 18 heavy (non-hydrogen) atoms. The van der Waals surface area contributed by atoms with Gasteiger partial charge in [0.1, 0.15) is 11.9 Å². The van der Waals surface area contributed by atoms with E-state index in [9.17, 15) is 9.90 Å². The average molecular weight is 249 g/mol. The summed E-state index contributed by atoms with van der Waals surface area (Å²) in [7, 11) is 1.62. The number of nitrogens with zero attached hydrogens (tertiary/aromatic N) is 1. The zero-order chi connectivity index (χ0) is 13.3. The highest BCUT2D eigenvalue weighted by molar-refractivity contribution is 5.84. The fourth-order valence-corrected chi connectivity index (χ4v) is 2.25. The fourth-order valence-electron chi connectivity index (χ4n) is 2.25. The van der Waals surface area contributed by atoms with Crippen LogP contribution in [0.3, 0.4) is 0 Å². The molecule has 1 aliphatic heterocycles. The van der Waals surface area contributed by atoms with Crippen molar-refractivity contribution in [2.75, 3.05) is 13.7 Å². The van der Waals surface area contributed by atoms with Crippen LogP contribution < -0.4 is 4.74 Å². The summed E-state index contributed by atoms with van der Waals surface area (Å²) in [4.78, 5) is 13.6. The van der Waals surface area contributed by atoms with E-state index >= 15 is 0 Å². The number of ether oxygens (including phenoxy) is 1. The lowest BCUT2D eigenvalue weighted by molar-refractivity contribution is -0.136. The predicted molar refractivity (Wildman–Crippen MR) is 68.2 cm³/mol. The van der Waals surface area contributed by atoms with Crippen LogP contribution in [0.25, 0.3) is 0 Å². The lowest BCUT2D eigenvalue weighted by Gasteiger charge is -2.20. The standard InChI is InChI=1S/C14H19NO3/c1-14(2)9-15(13(17)12(14)16)8-10-4-6-11(18-3)7-5-10/h4-7,12,16H,8-9H2,1-3H3. The first-order valence-corrected chi connectivity index (χ1v) is 6.04. The number of likely N-dealkylation sites (tertiary alicyclic amines) is 1. The Balaban J connectivity index is 2.08. The molecule has 0 aromatic heterocycles. The van der Waals surface area contributed by atoms with Gasteiger partial charge in [-0.15, -0.1) is 0 Å². The number of rotatable bonds is 3. The van der Waals surface area contributed by atoms with Crippen molar-refractivity contribution < 1.29 is 14.6 Å². The number of methoxy groups -OCH3 is 1. The van der Waals surface area contributed by atoms with Crippen LogP contribution in [0, 0.1) is 5.41 Å². The molecule has 1 aliphatic rings. The molecule has 0 spiro atoms. The Kier molecular flexibility index (Phi) is 3.30. The number of aliphatic hydroxyl groups excluding tert-OH is 1. The summed E-state index contributed by atoms with van der Waals surface area (Å²) in [5.74, 6) is 0.614. The largest absolute Gasteiger partial charge is 0.497 e. The van der Waals surface area contributed by atoms with E-state index in [2.05, 4.69) is 0 Å². The fraction of sp³-hybridized carbons (Fsp3) is 0.500. The molecule has 4 heteroatoms. The Hall–Kier alpha value is -1.55. The van der Waals surface area contributed by atoms with Crippen molar-refractivity contribution in [1.29, 1.82) is 0 Å². The number of hydrogen-bond acceptors (Lipinski definition) is 3. The van der Waals surface area contributed by atoms with Gasteiger partial charge < -0.3 is 14.7 Å². The average Bonchev–Trinajstić information content (AvgIpc) is 2.54. The maximum atomic E-state index is 11.9. The molecule has 1 N–H and O–H groups in total. The summed E-state index contributed by atoms with van der Waals surface area (Å²) < 4.78 is 5.09. The number of carbonyl (C=O) groups excluding carboxylic acids is 1. The van der Waals surface area contributed by atoms with Crippen molar-refractivity contribution in [2.24, 2.45) is 5.41 Å². The van der Waals surface area contributed by atoms with Crippen LogP contribution in [0.5, 0.6) is 5.75 Å². The SMILES string of the molecule is COc1ccc(CN2CC(C)(C)C(O)C2=O)cc1. The van der Waals surface area contributed by atoms with Crippen LogP contribution >= 0.6 is 0 Å². The van der Waals surface area contributed by atoms with E-state index in [4.69, 9.17) is 4.74 Å². The second-order valence-electron chi connectivity index (χ2n) is 5.43. The summed E-state index contributed by atoms with van der Waals surface area (Å²) in [5.41, 5.74) is 0.665. The Labute approximate surface area is 107 Å². The molecule has 1 amide bonds. The van der Waals surface area contributed by atoms with Gasteiger partial charge >= 0.3 is 0 Å². The second kappa shape index (κ2) is 4.61. The van der Waals surface area contributed by atoms with Gasteiger partial charge in [-0.3, -0.25) is 4.79 Å². The highest BCUT2D eigenvalue weighted by atomic mass is 16.5. The van der Waals surface area contributed by atoms with Crippen LogP contribution in [-0.2, 0) is 11.3 Å². The molecule has 1 aromatic carbocycles. The number of amides is 1. The third-order valence-corrected chi connectivity index (χ3v) is 3.42. The summed E-state index contributed by atoms with van der Waals surface area (Å²) in [6.07, 6.45) is -0.893. The number of hydrogen-bond donors (Lipinski definition) is 1. The van der Waals surface area contributed by atoms with Gasteiger partial charge in [0.25, 0.3) is 5.91 Å². The van der Waals surface area contributed by atoms with Crippen LogP contribution in [0.2, 0.25) is 0 Å². The van der Waals surface area contributed by atoms with Crippen molar-refractivity contribution in [3.63, 3.8) is 0 Å². The molecule has 4 nitrogen and oxygen atoms in total. The normalized spacial score (nSPS) is 22.3. The van der Waals surface area contributed by atoms with Gasteiger partial charge in [-0.25, -0.2) is 0 Å². The Morgan fingerprint density at radius 1 is 1.39 bits per heavy atom. The quantitative estimate of drug-likeness (QED) is 0.881. The van der Waals surface area contributed by atoms with Crippen molar-refractivity contribution in [1.82, 2.24) is 4.90 Å². The highest BCUT2D eigenvalue weighted by Crippen LogP contribution is 2.31. The highest BCUT2D eigenvalue weighted by Gasteiger charge is 2.44. The van der Waals surface area contributed by atoms with Crippen molar-refractivity contribution in [3.05, 3.63) is 29.8 Å². The number of benzene rings is 1. The van der Waals surface area contributed by atoms with Crippen molar-refractivity contribution in [3.8, 4) is 5.75 Å². The minimum absolute atomic E-state index is 0.184. The summed E-state index contributed by atoms with van der Waals surface area (Å²) >= 11 is 0. The number of carbonyl (C=O) groups is 1. The smallest absolute Gasteiger partial charge is 0.252 e. The van der Waals surface area contributed by atoms with Crippen LogP contribution in [-0.4, -0.2) is 35.7 Å². The van der Waals surface area contributed by atoms with Gasteiger partial charge in [0.15, 0.2) is 0 Å². The molecule has 1 fully saturated rings. The van der Waals surface area contributed by atoms with Gasteiger partial charge in [-0.2, -0.15) is 0 Å². The molecular formula is C14H19NO3. The lowest BCUT2D eigenvalue weighted by Crippen LogP contribution is -2.30. The minimum atomic E-state index is -0.893. The number of aliphatic hydroxyl groups is 1. The van der Waals surface area contributed by atoms with Crippen LogP contribution in [0.4, 0.5) is 0 Å². The Bertz CT molecular complexity index is 439. The first-order valence-electron chi connectivity index (χ1n) is 6.04. The minimum Gasteiger partial charge on any atom is -0.497 e. The van der Waals surface area contributed by atoms with Crippen LogP contribution in [0.15, 0.2) is 24.3 Å². The van der Waals surface area contributed by atoms with E-state index in [0.29, 0.717) is 13.1 Å². The van der Waals surface area contributed by atoms with E-state index in [1.807, 2.05) is 38.1 Å². The predicted octanol–water partition coefficient (Wildman–Crippen LogP) is 1.42. The van der Waals surface area contributed by atoms with E-state index in [1.165, 1.54) is 0 Å². The van der Waals surface area contributed by atoms with E-state index < -0.39 is 6.10 Å². The summed E-state index contributed by atoms with van der Waals surface area (Å²) in [6.45, 7) is 4.93. The van der Waals surface area contributed by atoms with E-state index in [0.717, 1.165) is 11.3 Å². The summed E-state index contributed by atoms with van der Waals surface area (Å²) in [5, 5.41) is 9.84. The second-order valence-corrected chi connectivity index (χ2v) is 5.43. The molecule has 1 atom stereocenters. The summed E-state index contributed by atoms with van der Waals surface area (Å²) in [6, 6.07) is 7.61. The molecule has 1 aromatic rings. The van der Waals surface area contributed by atoms with E-state index in [1.54, 1.807) is 12.0 Å². The molecule has 1 unspecified atom stereocenters.